The molecule has 0 heterocycles. The predicted molar refractivity (Wildman–Crippen MR) is 87.9 cm³/mol. The van der Waals surface area contributed by atoms with Crippen LogP contribution >= 0.6 is 0 Å². The van der Waals surface area contributed by atoms with Gasteiger partial charge < -0.3 is 10.4 Å². The van der Waals surface area contributed by atoms with Crippen molar-refractivity contribution in [3.05, 3.63) is 35.9 Å². The fourth-order valence-corrected chi connectivity index (χ4v) is 3.40. The molecule has 0 unspecified atom stereocenters. The Balaban J connectivity index is 2.59. The molecule has 6 nitrogen and oxygen atoms in total. The summed E-state index contributed by atoms with van der Waals surface area (Å²) < 4.78 is 23.6. The van der Waals surface area contributed by atoms with Gasteiger partial charge in [-0.2, -0.15) is 0 Å². The van der Waals surface area contributed by atoms with Gasteiger partial charge in [-0.3, -0.25) is 4.79 Å². The van der Waals surface area contributed by atoms with Crippen molar-refractivity contribution in [2.24, 2.45) is 0 Å². The summed E-state index contributed by atoms with van der Waals surface area (Å²) in [7, 11) is -3.50. The van der Waals surface area contributed by atoms with Gasteiger partial charge in [0.25, 0.3) is 0 Å². The van der Waals surface area contributed by atoms with Crippen molar-refractivity contribution in [2.75, 3.05) is 11.5 Å². The Kier molecular flexibility index (Phi) is 7.74. The maximum Gasteiger partial charge on any atom is 0.326 e. The first-order valence-corrected chi connectivity index (χ1v) is 9.42. The van der Waals surface area contributed by atoms with Crippen molar-refractivity contribution in [1.82, 2.24) is 5.32 Å². The summed E-state index contributed by atoms with van der Waals surface area (Å²) >= 11 is 0. The molecule has 0 radical (unpaired) electrons. The quantitative estimate of drug-likeness (QED) is 0.627. The van der Waals surface area contributed by atoms with Crippen LogP contribution in [0.15, 0.2) is 30.3 Å². The molecule has 0 aliphatic carbocycles. The molecule has 0 saturated heterocycles. The Morgan fingerprint density at radius 3 is 2.39 bits per heavy atom. The zero-order chi connectivity index (χ0) is 17.3. The SMILES string of the molecule is CCCCCS(=O)(=O)CC(=O)N[C@@H](Cc1ccccc1)C(=O)O. The van der Waals surface area contributed by atoms with E-state index in [1.165, 1.54) is 0 Å². The zero-order valence-corrected chi connectivity index (χ0v) is 14.0. The molecule has 0 fully saturated rings. The average molecular weight is 341 g/mol. The second-order valence-electron chi connectivity index (χ2n) is 5.45. The summed E-state index contributed by atoms with van der Waals surface area (Å²) in [6.45, 7) is 1.96. The Labute approximate surface area is 136 Å². The van der Waals surface area contributed by atoms with Crippen LogP contribution in [0.3, 0.4) is 0 Å². The molecule has 0 aliphatic rings. The molecule has 128 valence electrons. The van der Waals surface area contributed by atoms with Crippen LogP contribution in [0.25, 0.3) is 0 Å². The first-order valence-electron chi connectivity index (χ1n) is 7.60. The van der Waals surface area contributed by atoms with Crippen molar-refractivity contribution < 1.29 is 23.1 Å². The Bertz CT molecular complexity index is 613. The molecule has 0 bridgehead atoms. The Morgan fingerprint density at radius 1 is 1.17 bits per heavy atom. The van der Waals surface area contributed by atoms with Crippen LogP contribution in [-0.4, -0.2) is 42.9 Å². The minimum Gasteiger partial charge on any atom is -0.480 e. The lowest BCUT2D eigenvalue weighted by molar-refractivity contribution is -0.141. The van der Waals surface area contributed by atoms with Crippen molar-refractivity contribution >= 4 is 21.7 Å². The van der Waals surface area contributed by atoms with E-state index in [0.29, 0.717) is 6.42 Å². The van der Waals surface area contributed by atoms with Gasteiger partial charge >= 0.3 is 5.97 Å². The molecule has 1 rings (SSSR count). The van der Waals surface area contributed by atoms with Gasteiger partial charge in [-0.1, -0.05) is 50.1 Å². The highest BCUT2D eigenvalue weighted by Gasteiger charge is 2.23. The first kappa shape index (κ1) is 19.2. The monoisotopic (exact) mass is 341 g/mol. The number of unbranched alkanes of at least 4 members (excludes halogenated alkanes) is 2. The number of carbonyl (C=O) groups is 2. The summed E-state index contributed by atoms with van der Waals surface area (Å²) in [5.41, 5.74) is 0.756. The number of hydrogen-bond acceptors (Lipinski definition) is 4. The standard InChI is InChI=1S/C16H23NO5S/c1-2-3-7-10-23(21,22)12-15(18)17-14(16(19)20)11-13-8-5-4-6-9-13/h4-6,8-9,14H,2-3,7,10-12H2,1H3,(H,17,18)(H,19,20)/t14-/m0/s1. The second-order valence-corrected chi connectivity index (χ2v) is 7.63. The van der Waals surface area contributed by atoms with Crippen molar-refractivity contribution in [3.63, 3.8) is 0 Å². The highest BCUT2D eigenvalue weighted by molar-refractivity contribution is 7.92. The maximum atomic E-state index is 11.8. The zero-order valence-electron chi connectivity index (χ0n) is 13.2. The number of carboxylic acid groups (broad SMARTS) is 1. The van der Waals surface area contributed by atoms with Crippen LogP contribution in [-0.2, 0) is 25.8 Å². The molecule has 0 aromatic heterocycles. The van der Waals surface area contributed by atoms with Crippen LogP contribution in [0.1, 0.15) is 31.7 Å². The third-order valence-corrected chi connectivity index (χ3v) is 4.94. The highest BCUT2D eigenvalue weighted by atomic mass is 32.2. The largest absolute Gasteiger partial charge is 0.480 e. The van der Waals surface area contributed by atoms with Gasteiger partial charge in [0.2, 0.25) is 5.91 Å². The number of hydrogen-bond donors (Lipinski definition) is 2. The lowest BCUT2D eigenvalue weighted by atomic mass is 10.1. The lowest BCUT2D eigenvalue weighted by Crippen LogP contribution is -2.44. The van der Waals surface area contributed by atoms with E-state index in [1.807, 2.05) is 6.92 Å². The third kappa shape index (κ3) is 7.78. The minimum atomic E-state index is -3.50. The molecular formula is C16H23NO5S. The number of amides is 1. The molecule has 0 saturated carbocycles. The topological polar surface area (TPSA) is 101 Å². The summed E-state index contributed by atoms with van der Waals surface area (Å²) in [5, 5.41) is 11.5. The number of aliphatic carboxylic acids is 1. The van der Waals surface area contributed by atoms with Gasteiger partial charge in [0.15, 0.2) is 9.84 Å². The van der Waals surface area contributed by atoms with Gasteiger partial charge in [-0.25, -0.2) is 13.2 Å². The van der Waals surface area contributed by atoms with Gasteiger partial charge in [0.1, 0.15) is 11.8 Å². The summed E-state index contributed by atoms with van der Waals surface area (Å²) in [4.78, 5) is 23.1. The summed E-state index contributed by atoms with van der Waals surface area (Å²) in [6, 6.07) is 7.71. The summed E-state index contributed by atoms with van der Waals surface area (Å²) in [5.74, 6) is -2.68. The number of sulfone groups is 1. The third-order valence-electron chi connectivity index (χ3n) is 3.33. The smallest absolute Gasteiger partial charge is 0.326 e. The molecule has 1 aromatic rings. The fourth-order valence-electron chi connectivity index (χ4n) is 2.13. The predicted octanol–water partition coefficient (Wildman–Crippen LogP) is 1.40. The Morgan fingerprint density at radius 2 is 1.83 bits per heavy atom. The number of benzene rings is 1. The summed E-state index contributed by atoms with van der Waals surface area (Å²) in [6.07, 6.45) is 2.29. The average Bonchev–Trinajstić information content (AvgIpc) is 2.47. The number of carboxylic acids is 1. The van der Waals surface area contributed by atoms with Crippen molar-refractivity contribution in [2.45, 2.75) is 38.6 Å². The molecule has 1 aromatic carbocycles. The number of rotatable bonds is 10. The van der Waals surface area contributed by atoms with Gasteiger partial charge in [-0.05, 0) is 12.0 Å². The van der Waals surface area contributed by atoms with E-state index in [1.54, 1.807) is 30.3 Å². The maximum absolute atomic E-state index is 11.8. The second kappa shape index (κ2) is 9.29. The van der Waals surface area contributed by atoms with E-state index in [-0.39, 0.29) is 12.2 Å². The molecule has 0 spiro atoms. The Hall–Kier alpha value is -1.89. The minimum absolute atomic E-state index is 0.0509. The van der Waals surface area contributed by atoms with E-state index in [2.05, 4.69) is 5.32 Å². The molecule has 1 amide bonds. The van der Waals surface area contributed by atoms with Crippen LogP contribution in [0.2, 0.25) is 0 Å². The van der Waals surface area contributed by atoms with Crippen molar-refractivity contribution in [1.29, 1.82) is 0 Å². The van der Waals surface area contributed by atoms with Gasteiger partial charge in [-0.15, -0.1) is 0 Å². The molecule has 1 atom stereocenters. The molecular weight excluding hydrogens is 318 g/mol. The normalized spacial score (nSPS) is 12.6. The fraction of sp³-hybridized carbons (Fsp3) is 0.500. The van der Waals surface area contributed by atoms with E-state index in [9.17, 15) is 23.1 Å². The van der Waals surface area contributed by atoms with Crippen LogP contribution in [0.4, 0.5) is 0 Å². The number of nitrogens with one attached hydrogen (secondary N) is 1. The van der Waals surface area contributed by atoms with Crippen molar-refractivity contribution in [3.8, 4) is 0 Å². The van der Waals surface area contributed by atoms with Gasteiger partial charge in [0.05, 0.1) is 5.75 Å². The van der Waals surface area contributed by atoms with Crippen LogP contribution < -0.4 is 5.32 Å². The van der Waals surface area contributed by atoms with E-state index in [0.717, 1.165) is 18.4 Å². The van der Waals surface area contributed by atoms with Crippen LogP contribution in [0, 0.1) is 0 Å². The molecule has 23 heavy (non-hydrogen) atoms. The van der Waals surface area contributed by atoms with Gasteiger partial charge in [0, 0.05) is 6.42 Å². The van der Waals surface area contributed by atoms with Crippen LogP contribution in [0.5, 0.6) is 0 Å². The van der Waals surface area contributed by atoms with E-state index >= 15 is 0 Å². The van der Waals surface area contributed by atoms with E-state index in [4.69, 9.17) is 0 Å². The lowest BCUT2D eigenvalue weighted by Gasteiger charge is -2.14. The molecule has 7 heteroatoms. The highest BCUT2D eigenvalue weighted by Crippen LogP contribution is 2.05. The first-order chi connectivity index (χ1) is 10.8. The van der Waals surface area contributed by atoms with E-state index < -0.39 is 33.5 Å². The number of carbonyl (C=O) groups excluding carboxylic acids is 1. The molecule has 0 aliphatic heterocycles. The molecule has 2 N–H and O–H groups in total.